The molecule has 138 valence electrons. The van der Waals surface area contributed by atoms with Crippen molar-refractivity contribution in [3.05, 3.63) is 75.7 Å². The third kappa shape index (κ3) is 3.24. The van der Waals surface area contributed by atoms with Crippen LogP contribution >= 0.6 is 34.0 Å². The summed E-state index contributed by atoms with van der Waals surface area (Å²) in [5, 5.41) is 5.90. The zero-order valence-electron chi connectivity index (χ0n) is 14.7. The lowest BCUT2D eigenvalue weighted by Gasteiger charge is -2.23. The zero-order chi connectivity index (χ0) is 19.0. The van der Waals surface area contributed by atoms with Crippen LogP contribution in [0.25, 0.3) is 6.08 Å². The van der Waals surface area contributed by atoms with Gasteiger partial charge in [-0.05, 0) is 53.8 Å². The maximum atomic E-state index is 13.2. The summed E-state index contributed by atoms with van der Waals surface area (Å²) in [5.74, 6) is -0.427. The molecule has 27 heavy (non-hydrogen) atoms. The monoisotopic (exact) mass is 416 g/mol. The fourth-order valence-corrected chi connectivity index (χ4v) is 5.50. The van der Waals surface area contributed by atoms with Crippen molar-refractivity contribution < 1.29 is 9.53 Å². The van der Waals surface area contributed by atoms with Gasteiger partial charge in [0.05, 0.1) is 22.4 Å². The number of esters is 1. The highest BCUT2D eigenvalue weighted by Gasteiger charge is 2.33. The normalized spacial score (nSPS) is 17.0. The number of nitrogens with zero attached hydrogens (tertiary/aromatic N) is 2. The Hall–Kier alpha value is -2.29. The molecule has 8 heteroatoms. The summed E-state index contributed by atoms with van der Waals surface area (Å²) < 4.78 is 7.48. The SMILES string of the molecule is CCOC(=O)C1=C(C)N=c2s/c(=C\c3ccsc3)c(=O)n2[C@H]1c1cccs1. The van der Waals surface area contributed by atoms with E-state index < -0.39 is 12.0 Å². The van der Waals surface area contributed by atoms with E-state index in [1.807, 2.05) is 40.4 Å². The van der Waals surface area contributed by atoms with Gasteiger partial charge in [0.2, 0.25) is 0 Å². The van der Waals surface area contributed by atoms with E-state index in [1.54, 1.807) is 29.8 Å². The maximum Gasteiger partial charge on any atom is 0.338 e. The van der Waals surface area contributed by atoms with Crippen LogP contribution in [0, 0.1) is 0 Å². The largest absolute Gasteiger partial charge is 0.463 e. The van der Waals surface area contributed by atoms with Gasteiger partial charge in [0.1, 0.15) is 6.04 Å². The molecule has 3 aromatic heterocycles. The summed E-state index contributed by atoms with van der Waals surface area (Å²) in [5.41, 5.74) is 1.86. The van der Waals surface area contributed by atoms with E-state index in [9.17, 15) is 9.59 Å². The van der Waals surface area contributed by atoms with Crippen LogP contribution in [0.5, 0.6) is 0 Å². The summed E-state index contributed by atoms with van der Waals surface area (Å²) in [4.78, 5) is 31.9. The molecule has 0 fully saturated rings. The number of ether oxygens (including phenoxy) is 1. The summed E-state index contributed by atoms with van der Waals surface area (Å²) in [6.07, 6.45) is 1.87. The summed E-state index contributed by atoms with van der Waals surface area (Å²) in [6.45, 7) is 3.84. The molecule has 0 saturated heterocycles. The first-order valence-electron chi connectivity index (χ1n) is 8.35. The fourth-order valence-electron chi connectivity index (χ4n) is 3.02. The second-order valence-corrected chi connectivity index (χ2v) is 8.64. The molecule has 3 aromatic rings. The number of carbonyl (C=O) groups is 1. The summed E-state index contributed by atoms with van der Waals surface area (Å²) in [7, 11) is 0. The number of thiophene rings is 2. The van der Waals surface area contributed by atoms with Crippen molar-refractivity contribution in [2.24, 2.45) is 4.99 Å². The maximum absolute atomic E-state index is 13.2. The van der Waals surface area contributed by atoms with Crippen molar-refractivity contribution in [1.82, 2.24) is 4.57 Å². The molecule has 1 atom stereocenters. The third-order valence-corrected chi connectivity index (χ3v) is 6.78. The number of hydrogen-bond acceptors (Lipinski definition) is 7. The Kier molecular flexibility index (Phi) is 4.94. The Bertz CT molecular complexity index is 1180. The van der Waals surface area contributed by atoms with Gasteiger partial charge in [0.25, 0.3) is 5.56 Å². The molecule has 4 heterocycles. The van der Waals surface area contributed by atoms with E-state index in [-0.39, 0.29) is 12.2 Å². The predicted octanol–water partition coefficient (Wildman–Crippen LogP) is 2.92. The van der Waals surface area contributed by atoms with Gasteiger partial charge in [-0.2, -0.15) is 11.3 Å². The van der Waals surface area contributed by atoms with Crippen LogP contribution in [-0.2, 0) is 9.53 Å². The van der Waals surface area contributed by atoms with Crippen molar-refractivity contribution in [3.63, 3.8) is 0 Å². The smallest absolute Gasteiger partial charge is 0.338 e. The summed E-state index contributed by atoms with van der Waals surface area (Å²) in [6, 6.07) is 5.31. The Labute approximate surface area is 167 Å². The van der Waals surface area contributed by atoms with Crippen LogP contribution < -0.4 is 14.9 Å². The van der Waals surface area contributed by atoms with E-state index in [2.05, 4.69) is 4.99 Å². The first kappa shape index (κ1) is 18.1. The first-order valence-corrected chi connectivity index (χ1v) is 11.0. The van der Waals surface area contributed by atoms with Crippen LogP contribution in [0.4, 0.5) is 0 Å². The number of allylic oxidation sites excluding steroid dienone is 1. The number of carbonyl (C=O) groups excluding carboxylic acids is 1. The van der Waals surface area contributed by atoms with Crippen molar-refractivity contribution in [1.29, 1.82) is 0 Å². The van der Waals surface area contributed by atoms with Gasteiger partial charge in [-0.3, -0.25) is 9.36 Å². The average molecular weight is 417 g/mol. The molecule has 5 nitrogen and oxygen atoms in total. The van der Waals surface area contributed by atoms with Gasteiger partial charge in [-0.1, -0.05) is 17.4 Å². The zero-order valence-corrected chi connectivity index (χ0v) is 17.1. The van der Waals surface area contributed by atoms with E-state index in [4.69, 9.17) is 4.74 Å². The number of fused-ring (bicyclic) bond motifs is 1. The lowest BCUT2D eigenvalue weighted by molar-refractivity contribution is -0.139. The highest BCUT2D eigenvalue weighted by Crippen LogP contribution is 2.33. The van der Waals surface area contributed by atoms with Gasteiger partial charge in [0, 0.05) is 4.88 Å². The highest BCUT2D eigenvalue weighted by atomic mass is 32.1. The molecule has 0 bridgehead atoms. The van der Waals surface area contributed by atoms with Crippen molar-refractivity contribution in [2.45, 2.75) is 19.9 Å². The minimum atomic E-state index is -0.509. The van der Waals surface area contributed by atoms with E-state index in [0.717, 1.165) is 10.4 Å². The molecule has 1 aliphatic rings. The minimum Gasteiger partial charge on any atom is -0.463 e. The molecule has 1 aliphatic heterocycles. The molecule has 0 spiro atoms. The first-order chi connectivity index (χ1) is 13.1. The number of rotatable bonds is 4. The van der Waals surface area contributed by atoms with Crippen LogP contribution in [-0.4, -0.2) is 17.1 Å². The van der Waals surface area contributed by atoms with Crippen molar-refractivity contribution >= 4 is 46.1 Å². The molecule has 0 N–H and O–H groups in total. The highest BCUT2D eigenvalue weighted by molar-refractivity contribution is 7.10. The lowest BCUT2D eigenvalue weighted by atomic mass is 10.0. The van der Waals surface area contributed by atoms with Gasteiger partial charge in [-0.25, -0.2) is 9.79 Å². The van der Waals surface area contributed by atoms with E-state index in [1.165, 1.54) is 22.7 Å². The van der Waals surface area contributed by atoms with Crippen LogP contribution in [0.2, 0.25) is 0 Å². The van der Waals surface area contributed by atoms with Crippen molar-refractivity contribution in [2.75, 3.05) is 6.61 Å². The molecular weight excluding hydrogens is 400 g/mol. The molecule has 0 aliphatic carbocycles. The molecule has 0 radical (unpaired) electrons. The Morgan fingerprint density at radius 2 is 2.22 bits per heavy atom. The van der Waals surface area contributed by atoms with Gasteiger partial charge < -0.3 is 4.74 Å². The Morgan fingerprint density at radius 1 is 1.37 bits per heavy atom. The Balaban J connectivity index is 1.96. The number of hydrogen-bond donors (Lipinski definition) is 0. The number of aromatic nitrogens is 1. The second-order valence-electron chi connectivity index (χ2n) is 5.87. The van der Waals surface area contributed by atoms with Gasteiger partial charge in [-0.15, -0.1) is 11.3 Å². The predicted molar refractivity (Wildman–Crippen MR) is 109 cm³/mol. The van der Waals surface area contributed by atoms with Gasteiger partial charge in [0.15, 0.2) is 4.80 Å². The molecule has 0 aromatic carbocycles. The lowest BCUT2D eigenvalue weighted by Crippen LogP contribution is -2.39. The summed E-state index contributed by atoms with van der Waals surface area (Å²) >= 11 is 4.44. The fraction of sp³-hybridized carbons (Fsp3) is 0.211. The van der Waals surface area contributed by atoms with Gasteiger partial charge >= 0.3 is 5.97 Å². The third-order valence-electron chi connectivity index (χ3n) is 4.17. The van der Waals surface area contributed by atoms with E-state index >= 15 is 0 Å². The topological polar surface area (TPSA) is 60.7 Å². The second kappa shape index (κ2) is 7.38. The average Bonchev–Trinajstić information content (AvgIpc) is 3.38. The molecular formula is C19H16N2O3S3. The quantitative estimate of drug-likeness (QED) is 0.615. The van der Waals surface area contributed by atoms with Crippen LogP contribution in [0.15, 0.2) is 55.4 Å². The standard InChI is InChI=1S/C19H16N2O3S3/c1-3-24-18(23)15-11(2)20-19-21(16(15)13-5-4-7-26-13)17(22)14(27-19)9-12-6-8-25-10-12/h4-10,16H,3H2,1-2H3/b14-9-/t16-/m0/s1. The van der Waals surface area contributed by atoms with Crippen molar-refractivity contribution in [3.8, 4) is 0 Å². The molecule has 0 unspecified atom stereocenters. The van der Waals surface area contributed by atoms with Crippen LogP contribution in [0.1, 0.15) is 30.3 Å². The Morgan fingerprint density at radius 3 is 2.89 bits per heavy atom. The minimum absolute atomic E-state index is 0.141. The number of thiazole rings is 1. The van der Waals surface area contributed by atoms with E-state index in [0.29, 0.717) is 20.6 Å². The molecule has 0 amide bonds. The molecule has 4 rings (SSSR count). The van der Waals surface area contributed by atoms with Crippen LogP contribution in [0.3, 0.4) is 0 Å². The molecule has 0 saturated carbocycles.